The molecule has 0 aromatic carbocycles. The topological polar surface area (TPSA) is 57.0 Å². The van der Waals surface area contributed by atoms with E-state index in [1.165, 1.54) is 0 Å². The van der Waals surface area contributed by atoms with Crippen LogP contribution in [0.2, 0.25) is 0 Å². The van der Waals surface area contributed by atoms with E-state index in [0.717, 1.165) is 10.9 Å². The lowest BCUT2D eigenvalue weighted by Crippen LogP contribution is -2.09. The zero-order chi connectivity index (χ0) is 10.7. The maximum Gasteiger partial charge on any atom is 0.168 e. The van der Waals surface area contributed by atoms with E-state index in [1.54, 1.807) is 24.2 Å². The molecular formula is C10H13N3OS. The second kappa shape index (κ2) is 4.55. The lowest BCUT2D eigenvalue weighted by molar-refractivity contribution is 0.506. The number of rotatable bonds is 4. The molecule has 0 saturated carbocycles. The van der Waals surface area contributed by atoms with Gasteiger partial charge in [-0.2, -0.15) is 0 Å². The Kier molecular flexibility index (Phi) is 3.13. The molecule has 2 aromatic rings. The summed E-state index contributed by atoms with van der Waals surface area (Å²) in [5, 5.41) is 1.07. The van der Waals surface area contributed by atoms with Crippen LogP contribution in [0.3, 0.4) is 0 Å². The number of imidazole rings is 1. The Hall–Kier alpha value is -1.20. The van der Waals surface area contributed by atoms with Crippen LogP contribution < -0.4 is 5.73 Å². The van der Waals surface area contributed by atoms with Crippen molar-refractivity contribution in [2.45, 2.75) is 10.4 Å². The minimum atomic E-state index is 0.126. The summed E-state index contributed by atoms with van der Waals surface area (Å²) in [7, 11) is 1.96. The molecule has 0 bridgehead atoms. The van der Waals surface area contributed by atoms with Crippen molar-refractivity contribution in [3.05, 3.63) is 36.5 Å². The van der Waals surface area contributed by atoms with E-state index in [-0.39, 0.29) is 5.25 Å². The summed E-state index contributed by atoms with van der Waals surface area (Å²) in [6.07, 6.45) is 5.35. The molecule has 15 heavy (non-hydrogen) atoms. The summed E-state index contributed by atoms with van der Waals surface area (Å²) >= 11 is 1.61. The minimum absolute atomic E-state index is 0.126. The predicted molar refractivity (Wildman–Crippen MR) is 59.6 cm³/mol. The molecule has 0 saturated heterocycles. The maximum atomic E-state index is 5.71. The van der Waals surface area contributed by atoms with E-state index in [1.807, 2.05) is 29.9 Å². The Labute approximate surface area is 92.5 Å². The van der Waals surface area contributed by atoms with E-state index in [0.29, 0.717) is 6.54 Å². The van der Waals surface area contributed by atoms with Gasteiger partial charge < -0.3 is 14.7 Å². The van der Waals surface area contributed by atoms with Gasteiger partial charge in [0.25, 0.3) is 0 Å². The van der Waals surface area contributed by atoms with Crippen LogP contribution in [0.25, 0.3) is 0 Å². The molecule has 0 aliphatic heterocycles. The minimum Gasteiger partial charge on any atom is -0.468 e. The fourth-order valence-corrected chi connectivity index (χ4v) is 2.24. The van der Waals surface area contributed by atoms with Crippen molar-refractivity contribution in [1.82, 2.24) is 9.55 Å². The molecule has 2 N–H and O–H groups in total. The highest BCUT2D eigenvalue weighted by Gasteiger charge is 2.16. The Balaban J connectivity index is 2.13. The number of nitrogens with two attached hydrogens (primary N) is 1. The van der Waals surface area contributed by atoms with Crippen molar-refractivity contribution in [3.63, 3.8) is 0 Å². The van der Waals surface area contributed by atoms with Gasteiger partial charge in [-0.3, -0.25) is 0 Å². The summed E-state index contributed by atoms with van der Waals surface area (Å²) in [6, 6.07) is 3.81. The highest BCUT2D eigenvalue weighted by atomic mass is 32.2. The molecule has 1 unspecified atom stereocenters. The van der Waals surface area contributed by atoms with Crippen LogP contribution in [-0.2, 0) is 7.05 Å². The third kappa shape index (κ3) is 2.24. The van der Waals surface area contributed by atoms with Crippen LogP contribution in [-0.4, -0.2) is 16.1 Å². The summed E-state index contributed by atoms with van der Waals surface area (Å²) in [6.45, 7) is 0.533. The molecule has 5 heteroatoms. The van der Waals surface area contributed by atoms with Gasteiger partial charge in [0.05, 0.1) is 11.5 Å². The molecule has 0 amide bonds. The van der Waals surface area contributed by atoms with Crippen LogP contribution in [0.1, 0.15) is 11.0 Å². The van der Waals surface area contributed by atoms with Gasteiger partial charge in [0.15, 0.2) is 5.16 Å². The van der Waals surface area contributed by atoms with Crippen LogP contribution in [0.15, 0.2) is 40.4 Å². The number of aromatic nitrogens is 2. The SMILES string of the molecule is Cn1ccnc1SC(CN)c1ccco1. The first-order valence-electron chi connectivity index (χ1n) is 4.68. The lowest BCUT2D eigenvalue weighted by Gasteiger charge is -2.10. The van der Waals surface area contributed by atoms with Crippen LogP contribution >= 0.6 is 11.8 Å². The first kappa shape index (κ1) is 10.3. The van der Waals surface area contributed by atoms with Crippen molar-refractivity contribution in [2.24, 2.45) is 12.8 Å². The Morgan fingerprint density at radius 3 is 3.07 bits per heavy atom. The summed E-state index contributed by atoms with van der Waals surface area (Å²) in [4.78, 5) is 4.24. The number of thioether (sulfide) groups is 1. The molecule has 1 atom stereocenters. The average Bonchev–Trinajstić information content (AvgIpc) is 2.86. The van der Waals surface area contributed by atoms with Gasteiger partial charge in [0, 0.05) is 26.0 Å². The molecule has 0 spiro atoms. The first-order valence-corrected chi connectivity index (χ1v) is 5.56. The average molecular weight is 223 g/mol. The van der Waals surface area contributed by atoms with Crippen molar-refractivity contribution < 1.29 is 4.42 Å². The first-order chi connectivity index (χ1) is 7.31. The van der Waals surface area contributed by atoms with Gasteiger partial charge in [0.2, 0.25) is 0 Å². The molecule has 0 aliphatic rings. The summed E-state index contributed by atoms with van der Waals surface area (Å²) in [5.41, 5.74) is 5.71. The van der Waals surface area contributed by atoms with Crippen LogP contribution in [0.4, 0.5) is 0 Å². The molecule has 2 rings (SSSR count). The van der Waals surface area contributed by atoms with E-state index in [2.05, 4.69) is 4.98 Å². The largest absolute Gasteiger partial charge is 0.468 e. The lowest BCUT2D eigenvalue weighted by atomic mass is 10.3. The van der Waals surface area contributed by atoms with E-state index >= 15 is 0 Å². The second-order valence-electron chi connectivity index (χ2n) is 3.18. The monoisotopic (exact) mass is 223 g/mol. The molecule has 0 radical (unpaired) electrons. The zero-order valence-corrected chi connectivity index (χ0v) is 9.28. The summed E-state index contributed by atoms with van der Waals surface area (Å²) in [5.74, 6) is 0.894. The number of nitrogens with zero attached hydrogens (tertiary/aromatic N) is 2. The van der Waals surface area contributed by atoms with Gasteiger partial charge in [-0.1, -0.05) is 11.8 Å². The number of hydrogen-bond acceptors (Lipinski definition) is 4. The van der Waals surface area contributed by atoms with Gasteiger partial charge >= 0.3 is 0 Å². The smallest absolute Gasteiger partial charge is 0.168 e. The predicted octanol–water partition coefficient (Wildman–Crippen LogP) is 1.81. The van der Waals surface area contributed by atoms with Crippen LogP contribution in [0.5, 0.6) is 0 Å². The molecule has 0 aliphatic carbocycles. The van der Waals surface area contributed by atoms with Gasteiger partial charge in [0.1, 0.15) is 5.76 Å². The Morgan fingerprint density at radius 1 is 1.67 bits per heavy atom. The quantitative estimate of drug-likeness (QED) is 0.803. The number of furan rings is 1. The van der Waals surface area contributed by atoms with Crippen molar-refractivity contribution >= 4 is 11.8 Å². The zero-order valence-electron chi connectivity index (χ0n) is 8.46. The third-order valence-electron chi connectivity index (χ3n) is 2.10. The second-order valence-corrected chi connectivity index (χ2v) is 4.35. The molecular weight excluding hydrogens is 210 g/mol. The molecule has 2 aromatic heterocycles. The van der Waals surface area contributed by atoms with Crippen LogP contribution in [0, 0.1) is 0 Å². The van der Waals surface area contributed by atoms with Gasteiger partial charge in [-0.05, 0) is 12.1 Å². The van der Waals surface area contributed by atoms with E-state index in [9.17, 15) is 0 Å². The van der Waals surface area contributed by atoms with E-state index < -0.39 is 0 Å². The maximum absolute atomic E-state index is 5.71. The Morgan fingerprint density at radius 2 is 2.53 bits per heavy atom. The van der Waals surface area contributed by atoms with Gasteiger partial charge in [-0.25, -0.2) is 4.98 Å². The third-order valence-corrected chi connectivity index (χ3v) is 3.41. The number of aryl methyl sites for hydroxylation is 1. The normalized spacial score (nSPS) is 12.9. The number of hydrogen-bond donors (Lipinski definition) is 1. The molecule has 80 valence electrons. The highest BCUT2D eigenvalue weighted by molar-refractivity contribution is 7.99. The standard InChI is InChI=1S/C10H13N3OS/c1-13-5-4-12-10(13)15-9(7-11)8-3-2-6-14-8/h2-6,9H,7,11H2,1H3. The molecule has 4 nitrogen and oxygen atoms in total. The molecule has 2 heterocycles. The summed E-state index contributed by atoms with van der Waals surface area (Å²) < 4.78 is 7.31. The fourth-order valence-electron chi connectivity index (χ4n) is 1.29. The fraction of sp³-hybridized carbons (Fsp3) is 0.300. The highest BCUT2D eigenvalue weighted by Crippen LogP contribution is 2.33. The van der Waals surface area contributed by atoms with Gasteiger partial charge in [-0.15, -0.1) is 0 Å². The molecule has 0 fully saturated rings. The van der Waals surface area contributed by atoms with E-state index in [4.69, 9.17) is 10.2 Å². The van der Waals surface area contributed by atoms with Crippen molar-refractivity contribution in [2.75, 3.05) is 6.54 Å². The Bertz CT molecular complexity index is 410. The van der Waals surface area contributed by atoms with Crippen molar-refractivity contribution in [3.8, 4) is 0 Å². The van der Waals surface area contributed by atoms with Crippen molar-refractivity contribution in [1.29, 1.82) is 0 Å².